The maximum Gasteiger partial charge on any atom is 0.438 e. The van der Waals surface area contributed by atoms with Crippen LogP contribution in [0.15, 0.2) is 18.2 Å². The van der Waals surface area contributed by atoms with Crippen molar-refractivity contribution in [2.24, 2.45) is 23.7 Å². The zero-order valence-electron chi connectivity index (χ0n) is 18.0. The van der Waals surface area contributed by atoms with Gasteiger partial charge < -0.3 is 18.8 Å². The molecule has 4 rings (SSSR count). The summed E-state index contributed by atoms with van der Waals surface area (Å²) < 4.78 is 128. The van der Waals surface area contributed by atoms with Gasteiger partial charge in [0.15, 0.2) is 0 Å². The summed E-state index contributed by atoms with van der Waals surface area (Å²) in [6, 6.07) is 2.41. The van der Waals surface area contributed by atoms with Crippen molar-refractivity contribution in [3.63, 3.8) is 0 Å². The molecule has 1 aliphatic heterocycles. The summed E-state index contributed by atoms with van der Waals surface area (Å²) in [4.78, 5) is 37.4. The highest BCUT2D eigenvalue weighted by atomic mass is 127. The number of hydrogen-bond donors (Lipinski definition) is 0. The highest BCUT2D eigenvalue weighted by molar-refractivity contribution is 14.1. The van der Waals surface area contributed by atoms with Crippen molar-refractivity contribution < 1.29 is 67.9 Å². The normalized spacial score (nSPS) is 27.2. The van der Waals surface area contributed by atoms with E-state index in [-0.39, 0.29) is 21.5 Å². The minimum atomic E-state index is -6.54. The Labute approximate surface area is 217 Å². The van der Waals surface area contributed by atoms with E-state index in [0.717, 1.165) is 12.1 Å². The van der Waals surface area contributed by atoms with Crippen LogP contribution in [0, 0.1) is 27.2 Å². The summed E-state index contributed by atoms with van der Waals surface area (Å²) in [5, 5.41) is 0. The molecule has 3 fully saturated rings. The minimum absolute atomic E-state index is 0.123. The number of carbonyl (C=O) groups is 3. The SMILES string of the molecule is O=C(OC(CS(=O)(=O)[O-])(C(F)(F)F)C(F)(F)F)c1ccc(I)c(OC(=O)C2C3CC4OC(=O)C2C4C3)c1. The molecule has 1 heterocycles. The largest absolute Gasteiger partial charge is 0.748 e. The molecular formula is C20H14F6IO9S-. The van der Waals surface area contributed by atoms with E-state index in [1.807, 2.05) is 0 Å². The van der Waals surface area contributed by atoms with Gasteiger partial charge in [-0.15, -0.1) is 0 Å². The molecule has 3 aliphatic rings. The van der Waals surface area contributed by atoms with Gasteiger partial charge in [0, 0.05) is 5.92 Å². The fraction of sp³-hybridized carbons (Fsp3) is 0.550. The van der Waals surface area contributed by atoms with E-state index >= 15 is 0 Å². The maximum atomic E-state index is 13.4. The number of fused-ring (bicyclic) bond motifs is 1. The summed E-state index contributed by atoms with van der Waals surface area (Å²) >= 11 is 1.62. The third kappa shape index (κ3) is 4.88. The first-order valence-electron chi connectivity index (χ1n) is 10.4. The van der Waals surface area contributed by atoms with Gasteiger partial charge in [-0.25, -0.2) is 13.2 Å². The summed E-state index contributed by atoms with van der Waals surface area (Å²) in [5.41, 5.74) is -6.61. The van der Waals surface area contributed by atoms with Crippen LogP contribution in [0.1, 0.15) is 23.2 Å². The molecule has 5 atom stereocenters. The fourth-order valence-corrected chi connectivity index (χ4v) is 6.48. The van der Waals surface area contributed by atoms with Gasteiger partial charge in [-0.05, 0) is 59.5 Å². The van der Waals surface area contributed by atoms with Crippen molar-refractivity contribution in [1.29, 1.82) is 0 Å². The van der Waals surface area contributed by atoms with Crippen molar-refractivity contribution in [2.75, 3.05) is 5.75 Å². The molecule has 37 heavy (non-hydrogen) atoms. The quantitative estimate of drug-likeness (QED) is 0.147. The topological polar surface area (TPSA) is 136 Å². The number of carbonyl (C=O) groups excluding carboxylic acids is 3. The summed E-state index contributed by atoms with van der Waals surface area (Å²) in [5.74, 6) is -9.32. The summed E-state index contributed by atoms with van der Waals surface area (Å²) in [7, 11) is -6.20. The second kappa shape index (κ2) is 8.96. The molecule has 1 saturated heterocycles. The second-order valence-electron chi connectivity index (χ2n) is 8.90. The lowest BCUT2D eigenvalue weighted by Gasteiger charge is -2.36. The number of esters is 3. The molecule has 2 saturated carbocycles. The molecule has 17 heteroatoms. The first-order chi connectivity index (χ1) is 16.8. The Morgan fingerprint density at radius 2 is 1.73 bits per heavy atom. The number of hydrogen-bond acceptors (Lipinski definition) is 9. The van der Waals surface area contributed by atoms with Crippen LogP contribution >= 0.6 is 22.6 Å². The van der Waals surface area contributed by atoms with Crippen LogP contribution in [0.3, 0.4) is 0 Å². The molecular weight excluding hydrogens is 657 g/mol. The number of halogens is 7. The van der Waals surface area contributed by atoms with Crippen LogP contribution < -0.4 is 4.74 Å². The van der Waals surface area contributed by atoms with E-state index in [0.29, 0.717) is 18.9 Å². The Morgan fingerprint density at radius 1 is 1.11 bits per heavy atom. The Hall–Kier alpha value is -2.15. The number of rotatable bonds is 6. The molecule has 0 amide bonds. The second-order valence-corrected chi connectivity index (χ2v) is 11.5. The number of benzene rings is 1. The predicted octanol–water partition coefficient (Wildman–Crippen LogP) is 2.96. The van der Waals surface area contributed by atoms with Gasteiger partial charge in [0.2, 0.25) is 0 Å². The zero-order chi connectivity index (χ0) is 27.7. The highest BCUT2D eigenvalue weighted by Gasteiger charge is 2.75. The van der Waals surface area contributed by atoms with Crippen molar-refractivity contribution in [3.8, 4) is 5.75 Å². The summed E-state index contributed by atoms with van der Waals surface area (Å²) in [6.45, 7) is 0. The Balaban J connectivity index is 1.60. The molecule has 9 nitrogen and oxygen atoms in total. The van der Waals surface area contributed by atoms with Crippen LogP contribution in [0.5, 0.6) is 5.75 Å². The Bertz CT molecular complexity index is 1250. The molecule has 0 radical (unpaired) electrons. The molecule has 1 aromatic carbocycles. The van der Waals surface area contributed by atoms with Gasteiger partial charge in [0.05, 0.1) is 36.8 Å². The lowest BCUT2D eigenvalue weighted by Crippen LogP contribution is -2.63. The Kier molecular flexibility index (Phi) is 6.75. The molecule has 0 aromatic heterocycles. The smallest absolute Gasteiger partial charge is 0.438 e. The van der Waals surface area contributed by atoms with E-state index in [1.54, 1.807) is 22.6 Å². The molecule has 2 bridgehead atoms. The van der Waals surface area contributed by atoms with Gasteiger partial charge in [-0.2, -0.15) is 26.3 Å². The van der Waals surface area contributed by atoms with Gasteiger partial charge in [-0.3, -0.25) is 9.59 Å². The standard InChI is InChI=1S/C20H15F6IO9S/c21-19(22,23)18(20(24,25)26,6-37(31,32)33)36-15(28)7-1-2-10(27)12(4-7)35-16(29)13-8-3-9-11(5-8)34-17(30)14(9)13/h1-2,4,8-9,11,13-14H,3,5-6H2,(H,31,32,33)/p-1. The van der Waals surface area contributed by atoms with E-state index in [9.17, 15) is 53.7 Å². The third-order valence-corrected chi connectivity index (χ3v) is 8.35. The average molecular weight is 671 g/mol. The van der Waals surface area contributed by atoms with Gasteiger partial charge in [0.1, 0.15) is 11.9 Å². The lowest BCUT2D eigenvalue weighted by molar-refractivity contribution is -0.356. The molecule has 5 unspecified atom stereocenters. The first-order valence-corrected chi connectivity index (χ1v) is 13.0. The van der Waals surface area contributed by atoms with Crippen LogP contribution in [0.4, 0.5) is 26.3 Å². The van der Waals surface area contributed by atoms with Crippen molar-refractivity contribution in [2.45, 2.75) is 36.9 Å². The van der Waals surface area contributed by atoms with Crippen molar-refractivity contribution in [1.82, 2.24) is 0 Å². The van der Waals surface area contributed by atoms with Gasteiger partial charge >= 0.3 is 35.9 Å². The van der Waals surface area contributed by atoms with Crippen LogP contribution in [-0.4, -0.2) is 60.7 Å². The highest BCUT2D eigenvalue weighted by Crippen LogP contribution is 2.58. The molecule has 0 spiro atoms. The van der Waals surface area contributed by atoms with Crippen LogP contribution in [0.2, 0.25) is 0 Å². The zero-order valence-corrected chi connectivity index (χ0v) is 20.9. The number of ether oxygens (including phenoxy) is 3. The number of alkyl halides is 6. The molecule has 204 valence electrons. The first kappa shape index (κ1) is 27.9. The molecule has 2 aliphatic carbocycles. The predicted molar refractivity (Wildman–Crippen MR) is 113 cm³/mol. The third-order valence-electron chi connectivity index (χ3n) is 6.70. The van der Waals surface area contributed by atoms with E-state index in [2.05, 4.69) is 4.74 Å². The van der Waals surface area contributed by atoms with Crippen LogP contribution in [-0.2, 0) is 29.2 Å². The van der Waals surface area contributed by atoms with E-state index in [4.69, 9.17) is 9.47 Å². The summed E-state index contributed by atoms with van der Waals surface area (Å²) in [6.07, 6.45) is -12.4. The van der Waals surface area contributed by atoms with Gasteiger partial charge in [-0.1, -0.05) is 0 Å². The maximum absolute atomic E-state index is 13.4. The van der Waals surface area contributed by atoms with Gasteiger partial charge in [0.25, 0.3) is 0 Å². The van der Waals surface area contributed by atoms with E-state index in [1.165, 1.54) is 0 Å². The molecule has 0 N–H and O–H groups in total. The fourth-order valence-electron chi connectivity index (χ4n) is 5.15. The average Bonchev–Trinajstić information content (AvgIpc) is 3.34. The minimum Gasteiger partial charge on any atom is -0.748 e. The Morgan fingerprint density at radius 3 is 2.30 bits per heavy atom. The van der Waals surface area contributed by atoms with Crippen molar-refractivity contribution in [3.05, 3.63) is 27.3 Å². The monoisotopic (exact) mass is 671 g/mol. The van der Waals surface area contributed by atoms with Crippen molar-refractivity contribution >= 4 is 50.6 Å². The lowest BCUT2D eigenvalue weighted by atomic mass is 9.80. The van der Waals surface area contributed by atoms with Crippen LogP contribution in [0.25, 0.3) is 0 Å². The molecule has 1 aromatic rings. The van der Waals surface area contributed by atoms with E-state index < -0.39 is 74.9 Å².